The number of aromatic nitrogens is 2. The zero-order chi connectivity index (χ0) is 19.3. The first-order valence-electron chi connectivity index (χ1n) is 9.61. The topological polar surface area (TPSA) is 76.0 Å². The number of carbonyl (C=O) groups is 2. The average Bonchev–Trinajstić information content (AvgIpc) is 3.28. The van der Waals surface area contributed by atoms with Gasteiger partial charge in [-0.05, 0) is 31.4 Å². The SMILES string of the molecule is Cc1cc(C(=O)NCCC(=O)NCC2(c3ccccc3)CCCC2)n(C)n1. The monoisotopic (exact) mass is 368 g/mol. The van der Waals surface area contributed by atoms with Crippen LogP contribution in [-0.4, -0.2) is 34.7 Å². The van der Waals surface area contributed by atoms with Crippen molar-refractivity contribution in [2.24, 2.45) is 7.05 Å². The third-order valence-corrected chi connectivity index (χ3v) is 5.44. The molecule has 0 aliphatic heterocycles. The Morgan fingerprint density at radius 1 is 1.15 bits per heavy atom. The lowest BCUT2D eigenvalue weighted by Crippen LogP contribution is -2.40. The third kappa shape index (κ3) is 4.56. The molecule has 3 rings (SSSR count). The van der Waals surface area contributed by atoms with Crippen molar-refractivity contribution in [1.29, 1.82) is 0 Å². The molecule has 6 heteroatoms. The minimum absolute atomic E-state index is 0.0290. The Kier molecular flexibility index (Phi) is 5.94. The van der Waals surface area contributed by atoms with Gasteiger partial charge >= 0.3 is 0 Å². The molecule has 2 aromatic rings. The van der Waals surface area contributed by atoms with Gasteiger partial charge in [-0.1, -0.05) is 43.2 Å². The molecule has 144 valence electrons. The molecule has 0 bridgehead atoms. The van der Waals surface area contributed by atoms with Crippen molar-refractivity contribution in [3.05, 3.63) is 53.3 Å². The maximum Gasteiger partial charge on any atom is 0.269 e. The number of nitrogens with one attached hydrogen (secondary N) is 2. The molecule has 1 aromatic carbocycles. The van der Waals surface area contributed by atoms with E-state index in [-0.39, 0.29) is 23.7 Å². The molecule has 0 unspecified atom stereocenters. The normalized spacial score (nSPS) is 15.5. The minimum atomic E-state index is -0.206. The molecule has 0 saturated heterocycles. The summed E-state index contributed by atoms with van der Waals surface area (Å²) in [6.07, 6.45) is 4.88. The van der Waals surface area contributed by atoms with Gasteiger partial charge in [-0.3, -0.25) is 14.3 Å². The van der Waals surface area contributed by atoms with Crippen LogP contribution in [0, 0.1) is 6.92 Å². The standard InChI is InChI=1S/C21H28N4O2/c1-16-14-18(25(2)24-16)20(27)22-13-10-19(26)23-15-21(11-6-7-12-21)17-8-4-3-5-9-17/h3-5,8-9,14H,6-7,10-13,15H2,1-2H3,(H,22,27)(H,23,26). The summed E-state index contributed by atoms with van der Waals surface area (Å²) in [7, 11) is 1.74. The predicted molar refractivity (Wildman–Crippen MR) is 104 cm³/mol. The van der Waals surface area contributed by atoms with Crippen molar-refractivity contribution in [3.63, 3.8) is 0 Å². The first kappa shape index (κ1) is 19.1. The van der Waals surface area contributed by atoms with Crippen LogP contribution in [0.4, 0.5) is 0 Å². The highest BCUT2D eigenvalue weighted by Gasteiger charge is 2.35. The maximum absolute atomic E-state index is 12.3. The fraction of sp³-hybridized carbons (Fsp3) is 0.476. The Morgan fingerprint density at radius 3 is 2.48 bits per heavy atom. The van der Waals surface area contributed by atoms with E-state index in [0.717, 1.165) is 18.5 Å². The summed E-state index contributed by atoms with van der Waals surface area (Å²) in [5.41, 5.74) is 2.65. The molecular formula is C21H28N4O2. The zero-order valence-electron chi connectivity index (χ0n) is 16.1. The maximum atomic E-state index is 12.3. The van der Waals surface area contributed by atoms with Crippen LogP contribution in [0.5, 0.6) is 0 Å². The molecule has 2 amide bonds. The molecule has 1 aromatic heterocycles. The van der Waals surface area contributed by atoms with Gasteiger partial charge in [0, 0.05) is 32.0 Å². The number of hydrogen-bond acceptors (Lipinski definition) is 3. The Morgan fingerprint density at radius 2 is 1.85 bits per heavy atom. The lowest BCUT2D eigenvalue weighted by molar-refractivity contribution is -0.121. The van der Waals surface area contributed by atoms with Crippen LogP contribution in [0.25, 0.3) is 0 Å². The molecule has 2 N–H and O–H groups in total. The lowest BCUT2D eigenvalue weighted by atomic mass is 9.79. The van der Waals surface area contributed by atoms with Crippen molar-refractivity contribution in [3.8, 4) is 0 Å². The van der Waals surface area contributed by atoms with E-state index in [0.29, 0.717) is 18.8 Å². The Bertz CT molecular complexity index is 792. The average molecular weight is 368 g/mol. The van der Waals surface area contributed by atoms with Gasteiger partial charge < -0.3 is 10.6 Å². The van der Waals surface area contributed by atoms with Gasteiger partial charge in [0.15, 0.2) is 0 Å². The molecule has 1 aliphatic rings. The van der Waals surface area contributed by atoms with Crippen LogP contribution in [0.2, 0.25) is 0 Å². The van der Waals surface area contributed by atoms with Crippen molar-refractivity contribution in [2.45, 2.75) is 44.4 Å². The van der Waals surface area contributed by atoms with Crippen molar-refractivity contribution in [1.82, 2.24) is 20.4 Å². The molecule has 27 heavy (non-hydrogen) atoms. The predicted octanol–water partition coefficient (Wildman–Crippen LogP) is 2.48. The number of hydrogen-bond donors (Lipinski definition) is 2. The van der Waals surface area contributed by atoms with Crippen LogP contribution in [0.3, 0.4) is 0 Å². The lowest BCUT2D eigenvalue weighted by Gasteiger charge is -2.30. The number of amides is 2. The number of rotatable bonds is 7. The van der Waals surface area contributed by atoms with Gasteiger partial charge in [-0.25, -0.2) is 0 Å². The minimum Gasteiger partial charge on any atom is -0.355 e. The Balaban J connectivity index is 1.48. The summed E-state index contributed by atoms with van der Waals surface area (Å²) < 4.78 is 1.55. The van der Waals surface area contributed by atoms with Crippen LogP contribution in [0.1, 0.15) is 53.8 Å². The molecule has 1 fully saturated rings. The quantitative estimate of drug-likeness (QED) is 0.788. The number of benzene rings is 1. The van der Waals surface area contributed by atoms with E-state index < -0.39 is 0 Å². The van der Waals surface area contributed by atoms with E-state index in [1.54, 1.807) is 17.8 Å². The van der Waals surface area contributed by atoms with Gasteiger partial charge in [0.1, 0.15) is 5.69 Å². The second kappa shape index (κ2) is 8.37. The smallest absolute Gasteiger partial charge is 0.269 e. The number of nitrogens with zero attached hydrogens (tertiary/aromatic N) is 2. The largest absolute Gasteiger partial charge is 0.355 e. The second-order valence-corrected chi connectivity index (χ2v) is 7.43. The van der Waals surface area contributed by atoms with Crippen LogP contribution in [-0.2, 0) is 17.3 Å². The molecule has 1 aliphatic carbocycles. The fourth-order valence-electron chi connectivity index (χ4n) is 3.97. The third-order valence-electron chi connectivity index (χ3n) is 5.44. The van der Waals surface area contributed by atoms with Crippen LogP contribution in [0.15, 0.2) is 36.4 Å². The van der Waals surface area contributed by atoms with Crippen LogP contribution >= 0.6 is 0 Å². The fourth-order valence-corrected chi connectivity index (χ4v) is 3.97. The van der Waals surface area contributed by atoms with Gasteiger partial charge in [-0.2, -0.15) is 5.10 Å². The van der Waals surface area contributed by atoms with E-state index >= 15 is 0 Å². The molecule has 0 spiro atoms. The van der Waals surface area contributed by atoms with E-state index in [1.807, 2.05) is 13.0 Å². The summed E-state index contributed by atoms with van der Waals surface area (Å²) in [4.78, 5) is 24.4. The molecular weight excluding hydrogens is 340 g/mol. The highest BCUT2D eigenvalue weighted by atomic mass is 16.2. The number of carbonyl (C=O) groups excluding carboxylic acids is 2. The van der Waals surface area contributed by atoms with Gasteiger partial charge in [0.2, 0.25) is 5.91 Å². The van der Waals surface area contributed by atoms with Crippen molar-refractivity contribution >= 4 is 11.8 Å². The summed E-state index contributed by atoms with van der Waals surface area (Å²) in [5.74, 6) is -0.235. The number of aryl methyl sites for hydroxylation is 2. The van der Waals surface area contributed by atoms with E-state index in [9.17, 15) is 9.59 Å². The first-order chi connectivity index (χ1) is 13.0. The highest BCUT2D eigenvalue weighted by molar-refractivity contribution is 5.92. The van der Waals surface area contributed by atoms with Gasteiger partial charge in [-0.15, -0.1) is 0 Å². The molecule has 1 saturated carbocycles. The molecule has 1 heterocycles. The van der Waals surface area contributed by atoms with Crippen molar-refractivity contribution in [2.75, 3.05) is 13.1 Å². The van der Waals surface area contributed by atoms with Crippen LogP contribution < -0.4 is 10.6 Å². The Labute approximate surface area is 160 Å². The van der Waals surface area contributed by atoms with E-state index in [4.69, 9.17) is 0 Å². The summed E-state index contributed by atoms with van der Waals surface area (Å²) in [6.45, 7) is 2.81. The summed E-state index contributed by atoms with van der Waals surface area (Å²) in [6, 6.07) is 12.2. The highest BCUT2D eigenvalue weighted by Crippen LogP contribution is 2.40. The molecule has 6 nitrogen and oxygen atoms in total. The van der Waals surface area contributed by atoms with Gasteiger partial charge in [0.05, 0.1) is 5.69 Å². The molecule has 0 atom stereocenters. The van der Waals surface area contributed by atoms with Crippen molar-refractivity contribution < 1.29 is 9.59 Å². The van der Waals surface area contributed by atoms with E-state index in [2.05, 4.69) is 40.0 Å². The summed E-state index contributed by atoms with van der Waals surface area (Å²) >= 11 is 0. The zero-order valence-corrected chi connectivity index (χ0v) is 16.1. The molecule has 0 radical (unpaired) electrons. The van der Waals surface area contributed by atoms with Gasteiger partial charge in [0.25, 0.3) is 5.91 Å². The van der Waals surface area contributed by atoms with E-state index in [1.165, 1.54) is 18.4 Å². The first-order valence-corrected chi connectivity index (χ1v) is 9.61. The second-order valence-electron chi connectivity index (χ2n) is 7.43. The summed E-state index contributed by atoms with van der Waals surface area (Å²) in [5, 5.41) is 10.0. The Hall–Kier alpha value is -2.63.